The normalized spacial score (nSPS) is 16.6. The SMILES string of the molecule is Nc1cnc(C2=CC(=O)CCC2)cn1. The first kappa shape index (κ1) is 8.87. The van der Waals surface area contributed by atoms with E-state index in [0.29, 0.717) is 12.2 Å². The van der Waals surface area contributed by atoms with Crippen molar-refractivity contribution in [2.45, 2.75) is 19.3 Å². The van der Waals surface area contributed by atoms with Gasteiger partial charge >= 0.3 is 0 Å². The van der Waals surface area contributed by atoms with Crippen LogP contribution in [0.5, 0.6) is 0 Å². The molecule has 0 spiro atoms. The Labute approximate surface area is 81.9 Å². The molecule has 1 aromatic rings. The number of hydrogen-bond acceptors (Lipinski definition) is 4. The summed E-state index contributed by atoms with van der Waals surface area (Å²) in [7, 11) is 0. The molecule has 0 aromatic carbocycles. The minimum absolute atomic E-state index is 0.171. The molecular formula is C10H11N3O. The highest BCUT2D eigenvalue weighted by molar-refractivity contribution is 5.97. The summed E-state index contributed by atoms with van der Waals surface area (Å²) in [5.74, 6) is 0.571. The topological polar surface area (TPSA) is 68.9 Å². The Morgan fingerprint density at radius 2 is 2.07 bits per heavy atom. The molecule has 0 fully saturated rings. The Hall–Kier alpha value is -1.71. The van der Waals surface area contributed by atoms with E-state index in [1.807, 2.05) is 0 Å². The van der Waals surface area contributed by atoms with E-state index in [0.717, 1.165) is 24.1 Å². The van der Waals surface area contributed by atoms with Crippen molar-refractivity contribution in [2.24, 2.45) is 0 Å². The van der Waals surface area contributed by atoms with Crippen LogP contribution in [0.1, 0.15) is 25.0 Å². The molecule has 2 N–H and O–H groups in total. The maximum absolute atomic E-state index is 11.2. The first-order chi connectivity index (χ1) is 6.75. The number of carbonyl (C=O) groups is 1. The quantitative estimate of drug-likeness (QED) is 0.720. The van der Waals surface area contributed by atoms with Gasteiger partial charge in [-0.15, -0.1) is 0 Å². The van der Waals surface area contributed by atoms with Crippen LogP contribution in [0.15, 0.2) is 18.5 Å². The molecule has 1 aliphatic carbocycles. The number of nitrogens with two attached hydrogens (primary N) is 1. The van der Waals surface area contributed by atoms with Crippen molar-refractivity contribution in [1.29, 1.82) is 0 Å². The van der Waals surface area contributed by atoms with Crippen LogP contribution in [0.2, 0.25) is 0 Å². The summed E-state index contributed by atoms with van der Waals surface area (Å²) in [5.41, 5.74) is 7.15. The number of nitrogen functional groups attached to an aromatic ring is 1. The highest BCUT2D eigenvalue weighted by Crippen LogP contribution is 2.23. The van der Waals surface area contributed by atoms with Gasteiger partial charge in [0.2, 0.25) is 0 Å². The second kappa shape index (κ2) is 3.57. The molecule has 4 heteroatoms. The average Bonchev–Trinajstić information content (AvgIpc) is 2.19. The number of nitrogens with zero attached hydrogens (tertiary/aromatic N) is 2. The van der Waals surface area contributed by atoms with Gasteiger partial charge in [0.25, 0.3) is 0 Å². The van der Waals surface area contributed by atoms with Gasteiger partial charge in [-0.2, -0.15) is 0 Å². The second-order valence-electron chi connectivity index (χ2n) is 3.32. The van der Waals surface area contributed by atoms with Crippen LogP contribution in [-0.2, 0) is 4.79 Å². The fraction of sp³-hybridized carbons (Fsp3) is 0.300. The molecule has 1 heterocycles. The number of allylic oxidation sites excluding steroid dienone is 2. The van der Waals surface area contributed by atoms with E-state index in [1.54, 1.807) is 12.3 Å². The molecule has 0 amide bonds. The monoisotopic (exact) mass is 189 g/mol. The van der Waals surface area contributed by atoms with Crippen molar-refractivity contribution in [2.75, 3.05) is 5.73 Å². The summed E-state index contributed by atoms with van der Waals surface area (Å²) >= 11 is 0. The highest BCUT2D eigenvalue weighted by atomic mass is 16.1. The van der Waals surface area contributed by atoms with Crippen LogP contribution in [-0.4, -0.2) is 15.8 Å². The largest absolute Gasteiger partial charge is 0.382 e. The lowest BCUT2D eigenvalue weighted by Crippen LogP contribution is -2.04. The molecule has 4 nitrogen and oxygen atoms in total. The zero-order valence-electron chi connectivity index (χ0n) is 7.73. The van der Waals surface area contributed by atoms with Crippen molar-refractivity contribution >= 4 is 17.2 Å². The third-order valence-corrected chi connectivity index (χ3v) is 2.21. The molecule has 0 radical (unpaired) electrons. The summed E-state index contributed by atoms with van der Waals surface area (Å²) < 4.78 is 0. The molecule has 0 saturated carbocycles. The lowest BCUT2D eigenvalue weighted by Gasteiger charge is -2.10. The van der Waals surface area contributed by atoms with Crippen LogP contribution >= 0.6 is 0 Å². The predicted octanol–water partition coefficient (Wildman–Crippen LogP) is 1.20. The van der Waals surface area contributed by atoms with Crippen molar-refractivity contribution in [3.63, 3.8) is 0 Å². The number of anilines is 1. The first-order valence-corrected chi connectivity index (χ1v) is 4.57. The fourth-order valence-electron chi connectivity index (χ4n) is 1.50. The lowest BCUT2D eigenvalue weighted by atomic mass is 9.97. The van der Waals surface area contributed by atoms with E-state index in [9.17, 15) is 4.79 Å². The molecule has 0 bridgehead atoms. The molecular weight excluding hydrogens is 178 g/mol. The molecule has 0 unspecified atom stereocenters. The van der Waals surface area contributed by atoms with Gasteiger partial charge in [-0.1, -0.05) is 0 Å². The van der Waals surface area contributed by atoms with E-state index >= 15 is 0 Å². The van der Waals surface area contributed by atoms with E-state index in [1.165, 1.54) is 6.20 Å². The third kappa shape index (κ3) is 1.79. The molecule has 14 heavy (non-hydrogen) atoms. The number of hydrogen-bond donors (Lipinski definition) is 1. The molecule has 1 aliphatic rings. The molecule has 2 rings (SSSR count). The van der Waals surface area contributed by atoms with Crippen LogP contribution in [0.4, 0.5) is 5.82 Å². The molecule has 0 atom stereocenters. The molecule has 1 aromatic heterocycles. The Morgan fingerprint density at radius 3 is 2.71 bits per heavy atom. The van der Waals surface area contributed by atoms with Crippen LogP contribution in [0.25, 0.3) is 5.57 Å². The van der Waals surface area contributed by atoms with Crippen LogP contribution in [0.3, 0.4) is 0 Å². The number of rotatable bonds is 1. The summed E-state index contributed by atoms with van der Waals surface area (Å²) in [6.45, 7) is 0. The van der Waals surface area contributed by atoms with Crippen molar-refractivity contribution < 1.29 is 4.79 Å². The van der Waals surface area contributed by atoms with Crippen LogP contribution in [0, 0.1) is 0 Å². The maximum Gasteiger partial charge on any atom is 0.156 e. The van der Waals surface area contributed by atoms with Crippen molar-refractivity contribution in [1.82, 2.24) is 9.97 Å². The fourth-order valence-corrected chi connectivity index (χ4v) is 1.50. The Bertz CT molecular complexity index is 381. The van der Waals surface area contributed by atoms with Crippen molar-refractivity contribution in [3.05, 3.63) is 24.2 Å². The Kier molecular flexibility index (Phi) is 2.26. The smallest absolute Gasteiger partial charge is 0.156 e. The predicted molar refractivity (Wildman–Crippen MR) is 53.3 cm³/mol. The molecule has 0 saturated heterocycles. The van der Waals surface area contributed by atoms with Crippen LogP contribution < -0.4 is 5.73 Å². The van der Waals surface area contributed by atoms with E-state index < -0.39 is 0 Å². The van der Waals surface area contributed by atoms with Gasteiger partial charge in [0.05, 0.1) is 18.1 Å². The molecule has 0 aliphatic heterocycles. The average molecular weight is 189 g/mol. The number of aromatic nitrogens is 2. The third-order valence-electron chi connectivity index (χ3n) is 2.21. The van der Waals surface area contributed by atoms with Gasteiger partial charge < -0.3 is 5.73 Å². The minimum atomic E-state index is 0.171. The van der Waals surface area contributed by atoms with E-state index in [-0.39, 0.29) is 5.78 Å². The van der Waals surface area contributed by atoms with Gasteiger partial charge in [-0.05, 0) is 24.5 Å². The zero-order valence-corrected chi connectivity index (χ0v) is 7.73. The maximum atomic E-state index is 11.2. The minimum Gasteiger partial charge on any atom is -0.382 e. The van der Waals surface area contributed by atoms with Gasteiger partial charge in [-0.3, -0.25) is 9.78 Å². The molecule has 72 valence electrons. The Morgan fingerprint density at radius 1 is 1.21 bits per heavy atom. The lowest BCUT2D eigenvalue weighted by molar-refractivity contribution is -0.114. The van der Waals surface area contributed by atoms with Crippen molar-refractivity contribution in [3.8, 4) is 0 Å². The summed E-state index contributed by atoms with van der Waals surface area (Å²) in [4.78, 5) is 19.2. The van der Waals surface area contributed by atoms with Gasteiger partial charge in [0.15, 0.2) is 5.78 Å². The first-order valence-electron chi connectivity index (χ1n) is 4.57. The second-order valence-corrected chi connectivity index (χ2v) is 3.32. The zero-order chi connectivity index (χ0) is 9.97. The van der Waals surface area contributed by atoms with Gasteiger partial charge in [0, 0.05) is 6.42 Å². The van der Waals surface area contributed by atoms with Gasteiger partial charge in [0.1, 0.15) is 5.82 Å². The Balaban J connectivity index is 2.30. The van der Waals surface area contributed by atoms with E-state index in [4.69, 9.17) is 5.73 Å². The van der Waals surface area contributed by atoms with Gasteiger partial charge in [-0.25, -0.2) is 4.98 Å². The summed E-state index contributed by atoms with van der Waals surface area (Å²) in [6.07, 6.45) is 7.21. The number of ketones is 1. The van der Waals surface area contributed by atoms with E-state index in [2.05, 4.69) is 9.97 Å². The summed E-state index contributed by atoms with van der Waals surface area (Å²) in [5, 5.41) is 0. The number of carbonyl (C=O) groups excluding carboxylic acids is 1. The highest BCUT2D eigenvalue weighted by Gasteiger charge is 2.12. The standard InChI is InChI=1S/C10H11N3O/c11-10-6-12-9(5-13-10)7-2-1-3-8(14)4-7/h4-6H,1-3H2,(H2,11,13). The summed E-state index contributed by atoms with van der Waals surface area (Å²) in [6, 6.07) is 0.